The summed E-state index contributed by atoms with van der Waals surface area (Å²) in [6.07, 6.45) is 0. The third-order valence-corrected chi connectivity index (χ3v) is 14.0. The number of aryl methyl sites for hydroxylation is 1. The third-order valence-electron chi connectivity index (χ3n) is 14.0. The van der Waals surface area contributed by atoms with Crippen LogP contribution in [-0.4, -0.2) is 6.71 Å². The normalized spacial score (nSPS) is 14.9. The van der Waals surface area contributed by atoms with Gasteiger partial charge in [-0.3, -0.25) is 0 Å². The quantitative estimate of drug-likeness (QED) is 0.164. The van der Waals surface area contributed by atoms with Crippen LogP contribution >= 0.6 is 0 Å². The molecule has 0 amide bonds. The standard InChI is InChI=1S/C58H59BN2/c1-36-31-52-54-53(32-36)61(43-26-20-39(21-27-43)55(2,3)4)51-35-41(57(8,9)10)22-29-48(51)59(54)49-34-40(56(5,6)7)23-30-50(49)60(52)42-24-17-37(18-25-42)38-19-28-45-44-15-13-14-16-46(44)58(11,12)47(45)33-38/h13-35H,1-12H3. The predicted octanol–water partition coefficient (Wildman–Crippen LogP) is 13.9. The van der Waals surface area contributed by atoms with E-state index in [1.807, 2.05) is 0 Å². The molecule has 2 aliphatic heterocycles. The SMILES string of the molecule is Cc1cc2c3c(c1)N(c1ccc(C(C)(C)C)cc1)c1cc(C(C)(C)C)ccc1B3c1cc(C(C)(C)C)ccc1N2c1ccc(-c2ccc3c(c2)C(C)(C)c2ccccc2-3)cc1. The molecule has 0 atom stereocenters. The second-order valence-electron chi connectivity index (χ2n) is 21.6. The molecule has 7 aromatic rings. The van der Waals surface area contributed by atoms with Crippen molar-refractivity contribution >= 4 is 57.2 Å². The van der Waals surface area contributed by atoms with E-state index in [2.05, 4.69) is 232 Å². The number of fused-ring (bicyclic) bond motifs is 7. The Morgan fingerprint density at radius 2 is 0.951 bits per heavy atom. The molecule has 7 aromatic carbocycles. The number of anilines is 6. The van der Waals surface area contributed by atoms with Gasteiger partial charge in [0.2, 0.25) is 0 Å². The summed E-state index contributed by atoms with van der Waals surface area (Å²) in [6.45, 7) is 28.0. The molecule has 2 nitrogen and oxygen atoms in total. The van der Waals surface area contributed by atoms with Crippen molar-refractivity contribution in [3.05, 3.63) is 173 Å². The molecule has 3 heteroatoms. The Labute approximate surface area is 365 Å². The van der Waals surface area contributed by atoms with Gasteiger partial charge in [0.25, 0.3) is 6.71 Å². The van der Waals surface area contributed by atoms with Crippen LogP contribution in [0.4, 0.5) is 34.1 Å². The minimum Gasteiger partial charge on any atom is -0.311 e. The van der Waals surface area contributed by atoms with Gasteiger partial charge in [0.1, 0.15) is 0 Å². The zero-order chi connectivity index (χ0) is 43.0. The van der Waals surface area contributed by atoms with Crippen molar-refractivity contribution in [1.29, 1.82) is 0 Å². The number of hydrogen-bond acceptors (Lipinski definition) is 2. The Bertz CT molecular complexity index is 2890. The van der Waals surface area contributed by atoms with Gasteiger partial charge in [0.05, 0.1) is 0 Å². The molecule has 0 unspecified atom stereocenters. The van der Waals surface area contributed by atoms with Crippen molar-refractivity contribution in [1.82, 2.24) is 0 Å². The van der Waals surface area contributed by atoms with E-state index in [1.165, 1.54) is 106 Å². The molecule has 2 heterocycles. The summed E-state index contributed by atoms with van der Waals surface area (Å²) in [5.41, 5.74) is 24.8. The fourth-order valence-corrected chi connectivity index (χ4v) is 10.4. The average Bonchev–Trinajstić information content (AvgIpc) is 3.44. The second-order valence-corrected chi connectivity index (χ2v) is 21.6. The van der Waals surface area contributed by atoms with E-state index >= 15 is 0 Å². The van der Waals surface area contributed by atoms with Crippen molar-refractivity contribution in [2.75, 3.05) is 9.80 Å². The molecule has 1 aliphatic carbocycles. The first-order chi connectivity index (χ1) is 28.8. The molecule has 0 spiro atoms. The van der Waals surface area contributed by atoms with Crippen molar-refractivity contribution in [3.8, 4) is 22.3 Å². The van der Waals surface area contributed by atoms with Gasteiger partial charge < -0.3 is 9.80 Å². The van der Waals surface area contributed by atoms with E-state index < -0.39 is 0 Å². The Morgan fingerprint density at radius 3 is 1.59 bits per heavy atom. The lowest BCUT2D eigenvalue weighted by Crippen LogP contribution is -2.61. The molecule has 0 fully saturated rings. The van der Waals surface area contributed by atoms with E-state index in [0.29, 0.717) is 0 Å². The topological polar surface area (TPSA) is 6.48 Å². The highest BCUT2D eigenvalue weighted by molar-refractivity contribution is 7.00. The van der Waals surface area contributed by atoms with Gasteiger partial charge in [0, 0.05) is 39.5 Å². The van der Waals surface area contributed by atoms with Crippen LogP contribution in [0, 0.1) is 6.92 Å². The highest BCUT2D eigenvalue weighted by atomic mass is 15.2. The van der Waals surface area contributed by atoms with Crippen LogP contribution in [0.5, 0.6) is 0 Å². The minimum atomic E-state index is -0.0401. The molecule has 61 heavy (non-hydrogen) atoms. The molecule has 304 valence electrons. The summed E-state index contributed by atoms with van der Waals surface area (Å²) < 4.78 is 0. The molecular weight excluding hydrogens is 735 g/mol. The van der Waals surface area contributed by atoms with Crippen LogP contribution in [-0.2, 0) is 21.7 Å². The van der Waals surface area contributed by atoms with Crippen LogP contribution in [0.1, 0.15) is 110 Å². The maximum Gasteiger partial charge on any atom is 0.252 e. The zero-order valence-corrected chi connectivity index (χ0v) is 38.3. The molecule has 0 saturated carbocycles. The average molecular weight is 795 g/mol. The van der Waals surface area contributed by atoms with E-state index in [1.54, 1.807) is 0 Å². The summed E-state index contributed by atoms with van der Waals surface area (Å²) in [4.78, 5) is 5.11. The maximum absolute atomic E-state index is 2.56. The van der Waals surface area contributed by atoms with E-state index in [-0.39, 0.29) is 28.4 Å². The molecule has 3 aliphatic rings. The lowest BCUT2D eigenvalue weighted by atomic mass is 9.33. The number of hydrogen-bond donors (Lipinski definition) is 0. The molecule has 0 radical (unpaired) electrons. The number of nitrogens with zero attached hydrogens (tertiary/aromatic N) is 2. The van der Waals surface area contributed by atoms with Gasteiger partial charge in [0.15, 0.2) is 0 Å². The number of benzene rings is 7. The zero-order valence-electron chi connectivity index (χ0n) is 38.3. The number of rotatable bonds is 3. The van der Waals surface area contributed by atoms with Crippen molar-refractivity contribution in [2.45, 2.75) is 105 Å². The largest absolute Gasteiger partial charge is 0.311 e. The molecular formula is C58H59BN2. The van der Waals surface area contributed by atoms with E-state index in [4.69, 9.17) is 0 Å². The summed E-state index contributed by atoms with van der Waals surface area (Å²) in [5.74, 6) is 0. The molecule has 0 saturated heterocycles. The Hall–Kier alpha value is -5.80. The first kappa shape index (κ1) is 39.3. The van der Waals surface area contributed by atoms with Gasteiger partial charge in [-0.05, 0) is 150 Å². The van der Waals surface area contributed by atoms with Crippen LogP contribution in [0.2, 0.25) is 0 Å². The molecule has 0 aromatic heterocycles. The van der Waals surface area contributed by atoms with Crippen molar-refractivity contribution in [3.63, 3.8) is 0 Å². The highest BCUT2D eigenvalue weighted by Crippen LogP contribution is 2.50. The third kappa shape index (κ3) is 6.21. The lowest BCUT2D eigenvalue weighted by molar-refractivity contribution is 0.590. The van der Waals surface area contributed by atoms with Gasteiger partial charge in [-0.25, -0.2) is 0 Å². The smallest absolute Gasteiger partial charge is 0.252 e. The Balaban J connectivity index is 1.17. The first-order valence-electron chi connectivity index (χ1n) is 22.3. The Morgan fingerprint density at radius 1 is 0.426 bits per heavy atom. The van der Waals surface area contributed by atoms with Crippen LogP contribution < -0.4 is 26.2 Å². The van der Waals surface area contributed by atoms with Crippen LogP contribution in [0.3, 0.4) is 0 Å². The molecule has 10 rings (SSSR count). The summed E-state index contributed by atoms with van der Waals surface area (Å²) in [6, 6.07) is 54.1. The van der Waals surface area contributed by atoms with Crippen molar-refractivity contribution < 1.29 is 0 Å². The van der Waals surface area contributed by atoms with Crippen LogP contribution in [0.25, 0.3) is 22.3 Å². The van der Waals surface area contributed by atoms with Crippen LogP contribution in [0.15, 0.2) is 140 Å². The van der Waals surface area contributed by atoms with Gasteiger partial charge in [-0.2, -0.15) is 0 Å². The van der Waals surface area contributed by atoms with Crippen molar-refractivity contribution in [2.24, 2.45) is 0 Å². The monoisotopic (exact) mass is 794 g/mol. The van der Waals surface area contributed by atoms with Gasteiger partial charge >= 0.3 is 0 Å². The fraction of sp³-hybridized carbons (Fsp3) is 0.276. The minimum absolute atomic E-state index is 0.00187. The first-order valence-corrected chi connectivity index (χ1v) is 22.3. The van der Waals surface area contributed by atoms with Gasteiger partial charge in [-0.1, -0.05) is 161 Å². The predicted molar refractivity (Wildman–Crippen MR) is 264 cm³/mol. The highest BCUT2D eigenvalue weighted by Gasteiger charge is 2.44. The maximum atomic E-state index is 2.56. The van der Waals surface area contributed by atoms with E-state index in [9.17, 15) is 0 Å². The fourth-order valence-electron chi connectivity index (χ4n) is 10.4. The molecule has 0 N–H and O–H groups in total. The summed E-state index contributed by atoms with van der Waals surface area (Å²) in [7, 11) is 0. The Kier molecular flexibility index (Phi) is 8.61. The summed E-state index contributed by atoms with van der Waals surface area (Å²) >= 11 is 0. The van der Waals surface area contributed by atoms with Gasteiger partial charge in [-0.15, -0.1) is 0 Å². The second kappa shape index (κ2) is 13.4. The van der Waals surface area contributed by atoms with E-state index in [0.717, 1.165) is 0 Å². The lowest BCUT2D eigenvalue weighted by Gasteiger charge is -2.45. The summed E-state index contributed by atoms with van der Waals surface area (Å²) in [5, 5.41) is 0. The molecule has 0 bridgehead atoms.